The Morgan fingerprint density at radius 2 is 1.24 bits per heavy atom. The van der Waals surface area contributed by atoms with Crippen LogP contribution in [0.3, 0.4) is 0 Å². The van der Waals surface area contributed by atoms with Crippen LogP contribution in [-0.2, 0) is 0 Å². The molecule has 17 heavy (non-hydrogen) atoms. The second kappa shape index (κ2) is 11.4. The third-order valence-corrected chi connectivity index (χ3v) is 17.8. The van der Waals surface area contributed by atoms with Gasteiger partial charge in [0.15, 0.2) is 0 Å². The molecule has 0 radical (unpaired) electrons. The van der Waals surface area contributed by atoms with Gasteiger partial charge in [-0.2, -0.15) is 0 Å². The Morgan fingerprint density at radius 1 is 0.824 bits per heavy atom. The van der Waals surface area contributed by atoms with E-state index in [4.69, 9.17) is 0 Å². The fourth-order valence-electron chi connectivity index (χ4n) is 2.48. The molecule has 0 saturated heterocycles. The van der Waals surface area contributed by atoms with E-state index in [1.165, 1.54) is 38.5 Å². The van der Waals surface area contributed by atoms with Gasteiger partial charge in [-0.1, -0.05) is 0 Å². The summed E-state index contributed by atoms with van der Waals surface area (Å²) in [5, 5.41) is 0. The fraction of sp³-hybridized carbons (Fsp3) is 0.750. The van der Waals surface area contributed by atoms with Crippen LogP contribution in [0.1, 0.15) is 59.3 Å². The summed E-state index contributed by atoms with van der Waals surface area (Å²) in [5.41, 5.74) is 0. The zero-order valence-corrected chi connectivity index (χ0v) is 15.2. The van der Waals surface area contributed by atoms with Crippen molar-refractivity contribution >= 4 is 18.4 Å². The molecule has 0 amide bonds. The van der Waals surface area contributed by atoms with E-state index in [0.717, 1.165) is 0 Å². The van der Waals surface area contributed by atoms with Gasteiger partial charge in [0.2, 0.25) is 0 Å². The molecule has 0 nitrogen and oxygen atoms in total. The van der Waals surface area contributed by atoms with E-state index >= 15 is 0 Å². The molecule has 0 aliphatic rings. The zero-order valence-electron chi connectivity index (χ0n) is 12.3. The third-order valence-electron chi connectivity index (χ3n) is 3.67. The van der Waals surface area contributed by atoms with Crippen LogP contribution in [-0.4, -0.2) is 18.4 Å². The summed E-state index contributed by atoms with van der Waals surface area (Å²) in [4.78, 5) is 0. The summed E-state index contributed by atoms with van der Waals surface area (Å²) in [7, 11) is 0. The summed E-state index contributed by atoms with van der Waals surface area (Å²) >= 11 is -1.94. The molecule has 0 saturated carbocycles. The average molecular weight is 343 g/mol. The van der Waals surface area contributed by atoms with Gasteiger partial charge in [-0.15, -0.1) is 0 Å². The van der Waals surface area contributed by atoms with E-state index in [1.54, 1.807) is 13.3 Å². The molecule has 0 atom stereocenters. The summed E-state index contributed by atoms with van der Waals surface area (Å²) in [6.45, 7) is 10.8. The first-order chi connectivity index (χ1) is 8.24. The molecule has 0 heterocycles. The van der Waals surface area contributed by atoms with Crippen molar-refractivity contribution in [3.8, 4) is 0 Å². The predicted molar refractivity (Wildman–Crippen MR) is 84.2 cm³/mol. The first-order valence-electron chi connectivity index (χ1n) is 7.55. The molecule has 0 aliphatic heterocycles. The standard InChI is InChI=1S/3C4H9.C4H5.Sn/c4*1-3-4-2;/h3*1,3-4H2,2H3;1,3-4H,2H2;. The number of hydrogen-bond donors (Lipinski definition) is 0. The van der Waals surface area contributed by atoms with Gasteiger partial charge in [0.25, 0.3) is 0 Å². The van der Waals surface area contributed by atoms with E-state index in [-0.39, 0.29) is 0 Å². The molecule has 0 aromatic carbocycles. The van der Waals surface area contributed by atoms with Gasteiger partial charge in [-0.25, -0.2) is 0 Å². The Hall–Kier alpha value is 0.279. The van der Waals surface area contributed by atoms with Gasteiger partial charge in [-0.05, 0) is 0 Å². The van der Waals surface area contributed by atoms with Gasteiger partial charge in [0.05, 0.1) is 0 Å². The first-order valence-corrected chi connectivity index (χ1v) is 15.2. The van der Waals surface area contributed by atoms with Crippen molar-refractivity contribution in [1.82, 2.24) is 0 Å². The minimum absolute atomic E-state index is 1.36. The minimum atomic E-state index is -1.94. The monoisotopic (exact) mass is 344 g/mol. The Morgan fingerprint density at radius 3 is 1.53 bits per heavy atom. The van der Waals surface area contributed by atoms with E-state index in [9.17, 15) is 0 Å². The molecule has 0 spiro atoms. The van der Waals surface area contributed by atoms with Crippen LogP contribution in [0.15, 0.2) is 22.8 Å². The number of rotatable bonds is 11. The Balaban J connectivity index is 4.62. The molecule has 0 aromatic rings. The van der Waals surface area contributed by atoms with Crippen molar-refractivity contribution in [1.29, 1.82) is 0 Å². The predicted octanol–water partition coefficient (Wildman–Crippen LogP) is 6.12. The van der Waals surface area contributed by atoms with Gasteiger partial charge in [-0.3, -0.25) is 0 Å². The Bertz CT molecular complexity index is 184. The van der Waals surface area contributed by atoms with Crippen LogP contribution in [0.25, 0.3) is 0 Å². The summed E-state index contributed by atoms with van der Waals surface area (Å²) in [5.74, 6) is 0. The quantitative estimate of drug-likeness (QED) is 0.313. The van der Waals surface area contributed by atoms with E-state index < -0.39 is 18.4 Å². The Kier molecular flexibility index (Phi) is 11.6. The number of unbranched alkanes of at least 4 members (excludes halogenated alkanes) is 3. The normalized spacial score (nSPS) is 12.2. The van der Waals surface area contributed by atoms with Gasteiger partial charge in [0.1, 0.15) is 0 Å². The van der Waals surface area contributed by atoms with E-state index in [1.807, 2.05) is 6.08 Å². The molecule has 1 heteroatoms. The van der Waals surface area contributed by atoms with Crippen LogP contribution < -0.4 is 0 Å². The van der Waals surface area contributed by atoms with Crippen molar-refractivity contribution in [3.05, 3.63) is 22.8 Å². The molecule has 0 N–H and O–H groups in total. The molecule has 0 rings (SSSR count). The van der Waals surface area contributed by atoms with Crippen molar-refractivity contribution < 1.29 is 0 Å². The summed E-state index contributed by atoms with van der Waals surface area (Å²) in [6.07, 6.45) is 12.7. The molecular formula is C16H32Sn. The summed E-state index contributed by atoms with van der Waals surface area (Å²) < 4.78 is 7.35. The van der Waals surface area contributed by atoms with Crippen LogP contribution in [0.4, 0.5) is 0 Å². The molecule has 0 unspecified atom stereocenters. The fourth-order valence-corrected chi connectivity index (χ4v) is 16.7. The maximum absolute atomic E-state index is 3.85. The maximum atomic E-state index is 3.85. The van der Waals surface area contributed by atoms with Crippen LogP contribution in [0.5, 0.6) is 0 Å². The third kappa shape index (κ3) is 8.07. The molecule has 0 fully saturated rings. The Labute approximate surface area is 113 Å². The van der Waals surface area contributed by atoms with Gasteiger partial charge >= 0.3 is 114 Å². The van der Waals surface area contributed by atoms with Crippen molar-refractivity contribution in [3.63, 3.8) is 0 Å². The van der Waals surface area contributed by atoms with Gasteiger partial charge < -0.3 is 0 Å². The SMILES string of the molecule is C=C/C=[CH]/[Sn]([CH2]CCC)([CH2]CCC)[CH2]CCC. The van der Waals surface area contributed by atoms with Crippen LogP contribution >= 0.6 is 0 Å². The zero-order chi connectivity index (χ0) is 13.0. The summed E-state index contributed by atoms with van der Waals surface area (Å²) in [6, 6.07) is 0. The molecular weight excluding hydrogens is 311 g/mol. The molecule has 0 aliphatic carbocycles. The van der Waals surface area contributed by atoms with Crippen molar-refractivity contribution in [2.45, 2.75) is 72.6 Å². The van der Waals surface area contributed by atoms with E-state index in [2.05, 4.69) is 37.5 Å². The second-order valence-electron chi connectivity index (χ2n) is 5.27. The molecule has 0 bridgehead atoms. The van der Waals surface area contributed by atoms with Gasteiger partial charge in [0, 0.05) is 0 Å². The molecule has 0 aromatic heterocycles. The topological polar surface area (TPSA) is 0 Å². The second-order valence-corrected chi connectivity index (χ2v) is 18.3. The van der Waals surface area contributed by atoms with Crippen LogP contribution in [0, 0.1) is 0 Å². The van der Waals surface area contributed by atoms with Crippen molar-refractivity contribution in [2.75, 3.05) is 0 Å². The first kappa shape index (κ1) is 17.3. The molecule has 100 valence electrons. The van der Waals surface area contributed by atoms with E-state index in [0.29, 0.717) is 0 Å². The van der Waals surface area contributed by atoms with Crippen molar-refractivity contribution in [2.24, 2.45) is 0 Å². The van der Waals surface area contributed by atoms with Crippen LogP contribution in [0.2, 0.25) is 13.3 Å². The number of hydrogen-bond acceptors (Lipinski definition) is 0. The average Bonchev–Trinajstić information content (AvgIpc) is 2.37. The number of allylic oxidation sites excluding steroid dienone is 2.